The number of halogens is 1. The van der Waals surface area contributed by atoms with E-state index < -0.39 is 0 Å². The quantitative estimate of drug-likeness (QED) is 0.560. The molecule has 5 rings (SSSR count). The summed E-state index contributed by atoms with van der Waals surface area (Å²) in [6.45, 7) is 5.37. The van der Waals surface area contributed by atoms with Crippen LogP contribution in [0.15, 0.2) is 16.9 Å². The summed E-state index contributed by atoms with van der Waals surface area (Å²) in [6.07, 6.45) is 16.1. The minimum Gasteiger partial charge on any atom is -0.297 e. The van der Waals surface area contributed by atoms with Gasteiger partial charge in [0.25, 0.3) is 0 Å². The van der Waals surface area contributed by atoms with Crippen LogP contribution >= 0.6 is 15.9 Å². The van der Waals surface area contributed by atoms with Crippen molar-refractivity contribution in [2.75, 3.05) is 0 Å². The molecule has 1 heterocycles. The highest BCUT2D eigenvalue weighted by atomic mass is 79.9. The van der Waals surface area contributed by atoms with Crippen molar-refractivity contribution >= 4 is 21.7 Å². The molecule has 0 aromatic carbocycles. The van der Waals surface area contributed by atoms with E-state index in [4.69, 9.17) is 0 Å². The number of ketones is 1. The number of Topliss-reactive ketones (excluding diaryl/α,β-unsaturated/α-hetero) is 1. The van der Waals surface area contributed by atoms with Gasteiger partial charge in [-0.25, -0.2) is 0 Å². The molecule has 4 fully saturated rings. The molecule has 4 saturated carbocycles. The molecular weight excluding hydrogens is 412 g/mol. The molecule has 0 N–H and O–H groups in total. The standard InChI is InChI=1S/C24H35BrN2O/c1-15-3-5-18-16(11-15)4-6-20-19(18)9-10-24(2)21(20)7-8-22(24)23(28)14-27-13-17(25)12-26-27/h12-13,15-16,18-22H,3-11,14H2,1-2H3. The zero-order chi connectivity index (χ0) is 19.5. The molecule has 3 nitrogen and oxygen atoms in total. The molecule has 154 valence electrons. The molecule has 1 aromatic rings. The molecule has 0 aliphatic heterocycles. The van der Waals surface area contributed by atoms with Crippen molar-refractivity contribution in [3.63, 3.8) is 0 Å². The molecule has 0 saturated heterocycles. The average Bonchev–Trinajstić information content (AvgIpc) is 3.23. The summed E-state index contributed by atoms with van der Waals surface area (Å²) in [4.78, 5) is 13.2. The topological polar surface area (TPSA) is 34.9 Å². The number of carbonyl (C=O) groups excluding carboxylic acids is 1. The molecule has 0 spiro atoms. The number of aromatic nitrogens is 2. The fourth-order valence-electron chi connectivity index (χ4n) is 8.31. The number of hydrogen-bond donors (Lipinski definition) is 0. The monoisotopic (exact) mass is 446 g/mol. The highest BCUT2D eigenvalue weighted by Crippen LogP contribution is 2.64. The lowest BCUT2D eigenvalue weighted by Gasteiger charge is -2.56. The molecule has 8 unspecified atom stereocenters. The molecule has 0 bridgehead atoms. The predicted octanol–water partition coefficient (Wildman–Crippen LogP) is 6.12. The number of hydrogen-bond acceptors (Lipinski definition) is 2. The molecule has 8 atom stereocenters. The van der Waals surface area contributed by atoms with E-state index in [9.17, 15) is 4.79 Å². The van der Waals surface area contributed by atoms with Crippen molar-refractivity contribution in [3.05, 3.63) is 16.9 Å². The van der Waals surface area contributed by atoms with Gasteiger partial charge in [0.1, 0.15) is 0 Å². The first-order chi connectivity index (χ1) is 13.5. The van der Waals surface area contributed by atoms with Crippen molar-refractivity contribution in [3.8, 4) is 0 Å². The third-order valence-electron chi connectivity index (χ3n) is 9.52. The molecule has 1 aromatic heterocycles. The van der Waals surface area contributed by atoms with Gasteiger partial charge in [0.05, 0.1) is 17.2 Å². The normalized spacial score (nSPS) is 45.2. The first-order valence-electron chi connectivity index (χ1n) is 11.7. The Hall–Kier alpha value is -0.640. The third kappa shape index (κ3) is 3.13. The van der Waals surface area contributed by atoms with Crippen LogP contribution in [0.3, 0.4) is 0 Å². The maximum Gasteiger partial charge on any atom is 0.157 e. The van der Waals surface area contributed by atoms with Gasteiger partial charge in [0, 0.05) is 12.1 Å². The zero-order valence-corrected chi connectivity index (χ0v) is 19.0. The van der Waals surface area contributed by atoms with Crippen LogP contribution in [0.2, 0.25) is 0 Å². The van der Waals surface area contributed by atoms with Crippen LogP contribution in [0.4, 0.5) is 0 Å². The van der Waals surface area contributed by atoms with E-state index in [0.29, 0.717) is 12.3 Å². The second kappa shape index (κ2) is 7.25. The van der Waals surface area contributed by atoms with E-state index in [2.05, 4.69) is 34.9 Å². The van der Waals surface area contributed by atoms with Crippen LogP contribution in [0.25, 0.3) is 0 Å². The first kappa shape index (κ1) is 19.3. The maximum absolute atomic E-state index is 13.2. The van der Waals surface area contributed by atoms with Crippen molar-refractivity contribution < 1.29 is 4.79 Å². The Bertz CT molecular complexity index is 745. The summed E-state index contributed by atoms with van der Waals surface area (Å²) in [6, 6.07) is 0. The van der Waals surface area contributed by atoms with E-state index in [-0.39, 0.29) is 11.3 Å². The van der Waals surface area contributed by atoms with E-state index in [1.54, 1.807) is 6.20 Å². The van der Waals surface area contributed by atoms with Crippen molar-refractivity contribution in [1.82, 2.24) is 9.78 Å². The predicted molar refractivity (Wildman–Crippen MR) is 115 cm³/mol. The van der Waals surface area contributed by atoms with Gasteiger partial charge >= 0.3 is 0 Å². The molecule has 28 heavy (non-hydrogen) atoms. The van der Waals surface area contributed by atoms with E-state index >= 15 is 0 Å². The zero-order valence-electron chi connectivity index (χ0n) is 17.4. The second-order valence-electron chi connectivity index (χ2n) is 10.9. The summed E-state index contributed by atoms with van der Waals surface area (Å²) in [5, 5.41) is 4.32. The SMILES string of the molecule is CC1CCC2C(CCC3C2CCC2(C)C(C(=O)Cn4cc(Br)cn4)CCC32)C1. The molecule has 0 amide bonds. The third-order valence-corrected chi connectivity index (χ3v) is 9.93. The lowest BCUT2D eigenvalue weighted by Crippen LogP contribution is -2.49. The van der Waals surface area contributed by atoms with Crippen LogP contribution in [0.5, 0.6) is 0 Å². The Morgan fingerprint density at radius 1 is 1.14 bits per heavy atom. The van der Waals surface area contributed by atoms with Crippen LogP contribution in [0, 0.1) is 46.8 Å². The van der Waals surface area contributed by atoms with Gasteiger partial charge < -0.3 is 0 Å². The molecule has 4 aliphatic rings. The van der Waals surface area contributed by atoms with E-state index in [1.165, 1.54) is 51.4 Å². The summed E-state index contributed by atoms with van der Waals surface area (Å²) in [5.74, 6) is 6.24. The minimum atomic E-state index is 0.234. The Kier molecular flexibility index (Phi) is 5.00. The largest absolute Gasteiger partial charge is 0.297 e. The highest BCUT2D eigenvalue weighted by Gasteiger charge is 2.58. The van der Waals surface area contributed by atoms with Gasteiger partial charge in [0.15, 0.2) is 5.78 Å². The molecular formula is C24H35BrN2O. The lowest BCUT2D eigenvalue weighted by molar-refractivity contribution is -0.131. The van der Waals surface area contributed by atoms with Gasteiger partial charge in [-0.3, -0.25) is 9.48 Å². The fourth-order valence-corrected chi connectivity index (χ4v) is 8.64. The number of nitrogens with zero attached hydrogens (tertiary/aromatic N) is 2. The van der Waals surface area contributed by atoms with E-state index in [0.717, 1.165) is 46.4 Å². The Morgan fingerprint density at radius 2 is 1.96 bits per heavy atom. The van der Waals surface area contributed by atoms with E-state index in [1.807, 2.05) is 10.9 Å². The number of carbonyl (C=O) groups is 1. The van der Waals surface area contributed by atoms with Crippen molar-refractivity contribution in [2.45, 2.75) is 78.2 Å². The van der Waals surface area contributed by atoms with Crippen LogP contribution in [-0.4, -0.2) is 15.6 Å². The maximum atomic E-state index is 13.2. The summed E-state index contributed by atoms with van der Waals surface area (Å²) >= 11 is 3.45. The molecule has 0 radical (unpaired) electrons. The summed E-state index contributed by atoms with van der Waals surface area (Å²) in [7, 11) is 0. The smallest absolute Gasteiger partial charge is 0.157 e. The average molecular weight is 447 g/mol. The molecule has 4 aliphatic carbocycles. The second-order valence-corrected chi connectivity index (χ2v) is 11.8. The Morgan fingerprint density at radius 3 is 2.75 bits per heavy atom. The van der Waals surface area contributed by atoms with Gasteiger partial charge in [-0.05, 0) is 108 Å². The number of fused-ring (bicyclic) bond motifs is 5. The highest BCUT2D eigenvalue weighted by molar-refractivity contribution is 9.10. The molecule has 4 heteroatoms. The van der Waals surface area contributed by atoms with Crippen LogP contribution in [-0.2, 0) is 11.3 Å². The van der Waals surface area contributed by atoms with Gasteiger partial charge in [-0.1, -0.05) is 20.3 Å². The summed E-state index contributed by atoms with van der Waals surface area (Å²) in [5.41, 5.74) is 0.234. The van der Waals surface area contributed by atoms with Crippen LogP contribution in [0.1, 0.15) is 71.6 Å². The van der Waals surface area contributed by atoms with Crippen molar-refractivity contribution in [2.24, 2.45) is 46.8 Å². The van der Waals surface area contributed by atoms with Crippen LogP contribution < -0.4 is 0 Å². The van der Waals surface area contributed by atoms with Gasteiger partial charge in [-0.2, -0.15) is 5.10 Å². The fraction of sp³-hybridized carbons (Fsp3) is 0.833. The summed E-state index contributed by atoms with van der Waals surface area (Å²) < 4.78 is 2.76. The first-order valence-corrected chi connectivity index (χ1v) is 12.5. The number of rotatable bonds is 3. The Balaban J connectivity index is 1.32. The van der Waals surface area contributed by atoms with Gasteiger partial charge in [-0.15, -0.1) is 0 Å². The minimum absolute atomic E-state index is 0.234. The Labute approximate surface area is 178 Å². The lowest BCUT2D eigenvalue weighted by atomic mass is 9.49. The van der Waals surface area contributed by atoms with Crippen molar-refractivity contribution in [1.29, 1.82) is 0 Å². The van der Waals surface area contributed by atoms with Gasteiger partial charge in [0.2, 0.25) is 0 Å².